The van der Waals surface area contributed by atoms with Gasteiger partial charge in [-0.1, -0.05) is 12.1 Å². The molecule has 1 aromatic heterocycles. The van der Waals surface area contributed by atoms with E-state index in [1.54, 1.807) is 6.92 Å². The number of ether oxygens (including phenoxy) is 3. The van der Waals surface area contributed by atoms with Crippen molar-refractivity contribution in [3.63, 3.8) is 0 Å². The van der Waals surface area contributed by atoms with Crippen LogP contribution in [0.25, 0.3) is 0 Å². The van der Waals surface area contributed by atoms with Gasteiger partial charge in [0.15, 0.2) is 10.8 Å². The first-order valence-corrected chi connectivity index (χ1v) is 11.9. The van der Waals surface area contributed by atoms with Crippen LogP contribution in [0, 0.1) is 0 Å². The number of hydrogen-bond donors (Lipinski definition) is 3. The van der Waals surface area contributed by atoms with Crippen LogP contribution >= 0.6 is 23.1 Å². The number of esters is 2. The standard InChI is InChI=1S/C19H23N5O8S2/c1-4-11(25)31-8(2)32-18(28)14-9(5-30-3)6-33-17-13(16(27)24(14)17)22-15(26)12(23-29)10-7-34-19(20)21-10/h7-8,13,17,29H,4-6H2,1-3H3,(H2,20,21)(H,22,26)/t8?,13?,17-/m1/s1. The molecule has 1 saturated heterocycles. The molecule has 1 fully saturated rings. The predicted molar refractivity (Wildman–Crippen MR) is 121 cm³/mol. The first-order valence-electron chi connectivity index (χ1n) is 10.0. The number of amides is 2. The van der Waals surface area contributed by atoms with E-state index in [4.69, 9.17) is 19.9 Å². The molecule has 3 atom stereocenters. The van der Waals surface area contributed by atoms with Gasteiger partial charge in [0.25, 0.3) is 11.8 Å². The SMILES string of the molecule is CCC(=O)OC(C)OC(=O)C1=C(COC)CS[C@@H]2C(NC(=O)C(=NO)c3csc(N)n3)C(=O)N12. The highest BCUT2D eigenvalue weighted by atomic mass is 32.2. The lowest BCUT2D eigenvalue weighted by Crippen LogP contribution is -2.71. The molecule has 4 N–H and O–H groups in total. The summed E-state index contributed by atoms with van der Waals surface area (Å²) in [4.78, 5) is 55.0. The van der Waals surface area contributed by atoms with Crippen LogP contribution in [-0.4, -0.2) is 81.7 Å². The van der Waals surface area contributed by atoms with Crippen molar-refractivity contribution < 1.29 is 38.6 Å². The number of oxime groups is 1. The summed E-state index contributed by atoms with van der Waals surface area (Å²) in [5, 5.41) is 15.8. The van der Waals surface area contributed by atoms with Crippen molar-refractivity contribution in [2.75, 3.05) is 25.2 Å². The molecule has 0 bridgehead atoms. The maximum atomic E-state index is 13.0. The summed E-state index contributed by atoms with van der Waals surface area (Å²) in [6.45, 7) is 3.06. The number of β-lactam (4-membered cyclic amide) rings is 1. The second-order valence-electron chi connectivity index (χ2n) is 7.08. The molecule has 13 nitrogen and oxygen atoms in total. The molecule has 2 aliphatic heterocycles. The van der Waals surface area contributed by atoms with Crippen LogP contribution in [0.2, 0.25) is 0 Å². The van der Waals surface area contributed by atoms with E-state index in [0.29, 0.717) is 11.3 Å². The molecule has 0 saturated carbocycles. The first-order chi connectivity index (χ1) is 16.2. The van der Waals surface area contributed by atoms with Crippen LogP contribution in [0.4, 0.5) is 5.13 Å². The molecule has 1 aromatic rings. The second-order valence-corrected chi connectivity index (χ2v) is 9.08. The Balaban J connectivity index is 1.75. The van der Waals surface area contributed by atoms with Crippen LogP contribution in [0.5, 0.6) is 0 Å². The van der Waals surface area contributed by atoms with Crippen LogP contribution < -0.4 is 11.1 Å². The number of nitrogens with two attached hydrogens (primary N) is 1. The minimum atomic E-state index is -1.16. The Morgan fingerprint density at radius 1 is 1.41 bits per heavy atom. The highest BCUT2D eigenvalue weighted by molar-refractivity contribution is 8.00. The van der Waals surface area contributed by atoms with Gasteiger partial charge in [0.05, 0.1) is 6.61 Å². The summed E-state index contributed by atoms with van der Waals surface area (Å²) in [6.07, 6.45) is -1.05. The molecule has 0 aromatic carbocycles. The van der Waals surface area contributed by atoms with Gasteiger partial charge in [0.1, 0.15) is 22.8 Å². The Labute approximate surface area is 202 Å². The Morgan fingerprint density at radius 2 is 2.15 bits per heavy atom. The number of thioether (sulfide) groups is 1. The lowest BCUT2D eigenvalue weighted by Gasteiger charge is -2.49. The largest absolute Gasteiger partial charge is 0.425 e. The van der Waals surface area contributed by atoms with E-state index in [9.17, 15) is 24.4 Å². The average Bonchev–Trinajstić information content (AvgIpc) is 3.23. The molecule has 0 spiro atoms. The molecule has 34 heavy (non-hydrogen) atoms. The van der Waals surface area contributed by atoms with Crippen LogP contribution in [-0.2, 0) is 33.4 Å². The van der Waals surface area contributed by atoms with E-state index in [1.807, 2.05) is 0 Å². The highest BCUT2D eigenvalue weighted by Crippen LogP contribution is 2.40. The number of methoxy groups -OCH3 is 1. The zero-order valence-corrected chi connectivity index (χ0v) is 20.1. The number of thiazole rings is 1. The zero-order chi connectivity index (χ0) is 25.0. The van der Waals surface area contributed by atoms with Gasteiger partial charge in [-0.15, -0.1) is 23.1 Å². The Bertz CT molecular complexity index is 1060. The third kappa shape index (κ3) is 5.15. The van der Waals surface area contributed by atoms with Gasteiger partial charge in [0, 0.05) is 31.6 Å². The molecule has 184 valence electrons. The second kappa shape index (κ2) is 10.8. The third-order valence-electron chi connectivity index (χ3n) is 4.78. The summed E-state index contributed by atoms with van der Waals surface area (Å²) in [5.41, 5.74) is 5.70. The van der Waals surface area contributed by atoms with Gasteiger partial charge >= 0.3 is 11.9 Å². The number of fused-ring (bicyclic) bond motifs is 1. The van der Waals surface area contributed by atoms with Crippen LogP contribution in [0.1, 0.15) is 26.0 Å². The molecule has 2 aliphatic rings. The van der Waals surface area contributed by atoms with Gasteiger partial charge in [-0.05, 0) is 5.57 Å². The summed E-state index contributed by atoms with van der Waals surface area (Å²) < 4.78 is 15.3. The van der Waals surface area contributed by atoms with Gasteiger partial charge in [-0.3, -0.25) is 19.3 Å². The maximum absolute atomic E-state index is 13.0. The number of aromatic nitrogens is 1. The number of nitrogens with zero attached hydrogens (tertiary/aromatic N) is 3. The molecular weight excluding hydrogens is 490 g/mol. The summed E-state index contributed by atoms with van der Waals surface area (Å²) in [6, 6.07) is -0.993. The maximum Gasteiger partial charge on any atom is 0.358 e. The molecular formula is C19H23N5O8S2. The normalized spacial score (nSPS) is 20.9. The smallest absolute Gasteiger partial charge is 0.358 e. The highest BCUT2D eigenvalue weighted by Gasteiger charge is 2.55. The Hall–Kier alpha value is -3.17. The topological polar surface area (TPSA) is 183 Å². The number of carbonyl (C=O) groups excluding carboxylic acids is 4. The van der Waals surface area contributed by atoms with Crippen LogP contribution in [0.3, 0.4) is 0 Å². The van der Waals surface area contributed by atoms with Crippen molar-refractivity contribution in [2.45, 2.75) is 38.0 Å². The predicted octanol–water partition coefficient (Wildman–Crippen LogP) is 0.0464. The minimum absolute atomic E-state index is 0.0242. The average molecular weight is 514 g/mol. The van der Waals surface area contributed by atoms with Crippen molar-refractivity contribution in [3.05, 3.63) is 22.3 Å². The fraction of sp³-hybridized carbons (Fsp3) is 0.474. The van der Waals surface area contributed by atoms with Crippen molar-refractivity contribution in [3.8, 4) is 0 Å². The van der Waals surface area contributed by atoms with Crippen LogP contribution in [0.15, 0.2) is 21.8 Å². The molecule has 3 heterocycles. The lowest BCUT2D eigenvalue weighted by molar-refractivity contribution is -0.184. The number of hydrogen-bond acceptors (Lipinski definition) is 13. The molecule has 0 aliphatic carbocycles. The Kier molecular flexibility index (Phi) is 8.11. The van der Waals surface area contributed by atoms with E-state index in [0.717, 1.165) is 11.3 Å². The van der Waals surface area contributed by atoms with E-state index in [-0.39, 0.29) is 29.6 Å². The summed E-state index contributed by atoms with van der Waals surface area (Å²) >= 11 is 2.37. The summed E-state index contributed by atoms with van der Waals surface area (Å²) in [7, 11) is 1.44. The fourth-order valence-electron chi connectivity index (χ4n) is 3.27. The Morgan fingerprint density at radius 3 is 2.74 bits per heavy atom. The van der Waals surface area contributed by atoms with Crippen molar-refractivity contribution in [1.29, 1.82) is 0 Å². The van der Waals surface area contributed by atoms with Crippen molar-refractivity contribution >= 4 is 57.7 Å². The number of rotatable bonds is 9. The van der Waals surface area contributed by atoms with E-state index in [2.05, 4.69) is 15.5 Å². The number of carbonyl (C=O) groups is 4. The molecule has 2 unspecified atom stereocenters. The van der Waals surface area contributed by atoms with E-state index >= 15 is 0 Å². The van der Waals surface area contributed by atoms with Gasteiger partial charge in [0.2, 0.25) is 6.29 Å². The number of nitrogens with one attached hydrogen (secondary N) is 1. The van der Waals surface area contributed by atoms with Gasteiger partial charge in [-0.25, -0.2) is 9.78 Å². The van der Waals surface area contributed by atoms with E-state index < -0.39 is 47.2 Å². The lowest BCUT2D eigenvalue weighted by atomic mass is 10.0. The fourth-order valence-corrected chi connectivity index (χ4v) is 5.15. The van der Waals surface area contributed by atoms with Crippen molar-refractivity contribution in [2.24, 2.45) is 5.16 Å². The van der Waals surface area contributed by atoms with Crippen molar-refractivity contribution in [1.82, 2.24) is 15.2 Å². The third-order valence-corrected chi connectivity index (χ3v) is 6.80. The molecule has 0 radical (unpaired) electrons. The summed E-state index contributed by atoms with van der Waals surface area (Å²) in [5.74, 6) is -2.48. The number of anilines is 1. The number of nitrogen functional groups attached to an aromatic ring is 1. The molecule has 2 amide bonds. The monoisotopic (exact) mass is 513 g/mol. The molecule has 3 rings (SSSR count). The zero-order valence-electron chi connectivity index (χ0n) is 18.5. The van der Waals surface area contributed by atoms with Gasteiger partial charge < -0.3 is 30.5 Å². The van der Waals surface area contributed by atoms with Gasteiger partial charge in [-0.2, -0.15) is 0 Å². The van der Waals surface area contributed by atoms with E-state index in [1.165, 1.54) is 36.1 Å². The minimum Gasteiger partial charge on any atom is -0.425 e. The quantitative estimate of drug-likeness (QED) is 0.101. The first kappa shape index (κ1) is 25.5. The molecule has 15 heteroatoms.